The van der Waals surface area contributed by atoms with Crippen LogP contribution in [0.15, 0.2) is 42.7 Å². The molecule has 0 N–H and O–H groups in total. The first-order valence-corrected chi connectivity index (χ1v) is 10.7. The van der Waals surface area contributed by atoms with Crippen molar-refractivity contribution >= 4 is 5.91 Å². The van der Waals surface area contributed by atoms with E-state index < -0.39 is 0 Å². The molecule has 1 spiro atoms. The molecule has 150 valence electrons. The fraction of sp³-hybridized carbons (Fsp3) is 0.565. The van der Waals surface area contributed by atoms with E-state index in [9.17, 15) is 4.79 Å². The molecule has 2 saturated heterocycles. The summed E-state index contributed by atoms with van der Waals surface area (Å²) in [5.74, 6) is 1.49. The highest BCUT2D eigenvalue weighted by Crippen LogP contribution is 2.45. The van der Waals surface area contributed by atoms with Crippen LogP contribution in [-0.4, -0.2) is 51.4 Å². The number of hydrogen-bond donors (Lipinski definition) is 0. The monoisotopic (exact) mass is 380 g/mol. The van der Waals surface area contributed by atoms with E-state index in [1.165, 1.54) is 5.56 Å². The van der Waals surface area contributed by atoms with E-state index in [4.69, 9.17) is 0 Å². The number of piperidine rings is 2. The van der Waals surface area contributed by atoms with Gasteiger partial charge in [0.1, 0.15) is 5.82 Å². The Balaban J connectivity index is 1.46. The minimum Gasteiger partial charge on any atom is -0.342 e. The summed E-state index contributed by atoms with van der Waals surface area (Å²) in [4.78, 5) is 22.2. The van der Waals surface area contributed by atoms with Gasteiger partial charge < -0.3 is 9.47 Å². The quantitative estimate of drug-likeness (QED) is 0.797. The molecule has 2 aliphatic rings. The first kappa shape index (κ1) is 19.2. The Kier molecular flexibility index (Phi) is 5.54. The van der Waals surface area contributed by atoms with Crippen molar-refractivity contribution in [3.63, 3.8) is 0 Å². The molecule has 28 heavy (non-hydrogen) atoms. The van der Waals surface area contributed by atoms with Crippen LogP contribution >= 0.6 is 0 Å². The second kappa shape index (κ2) is 8.08. The van der Waals surface area contributed by atoms with Gasteiger partial charge in [0.2, 0.25) is 5.91 Å². The summed E-state index contributed by atoms with van der Waals surface area (Å²) in [6.45, 7) is 10.1. The number of aryl methyl sites for hydroxylation is 1. The third-order valence-electron chi connectivity index (χ3n) is 6.78. The van der Waals surface area contributed by atoms with Crippen LogP contribution in [0.1, 0.15) is 50.4 Å². The molecule has 1 aromatic heterocycles. The number of hydrogen-bond acceptors (Lipinski definition) is 3. The average molecular weight is 381 g/mol. The second-order valence-corrected chi connectivity index (χ2v) is 8.43. The van der Waals surface area contributed by atoms with Gasteiger partial charge in [-0.3, -0.25) is 9.69 Å². The van der Waals surface area contributed by atoms with E-state index in [0.29, 0.717) is 5.91 Å². The molecule has 0 radical (unpaired) electrons. The molecule has 0 bridgehead atoms. The number of benzene rings is 1. The van der Waals surface area contributed by atoms with Crippen molar-refractivity contribution in [3.05, 3.63) is 54.1 Å². The fourth-order valence-electron chi connectivity index (χ4n) is 5.03. The van der Waals surface area contributed by atoms with Crippen molar-refractivity contribution in [2.24, 2.45) is 5.41 Å². The molecule has 5 heteroatoms. The van der Waals surface area contributed by atoms with Crippen LogP contribution < -0.4 is 0 Å². The first-order valence-electron chi connectivity index (χ1n) is 10.7. The molecule has 2 aliphatic heterocycles. The second-order valence-electron chi connectivity index (χ2n) is 8.43. The van der Waals surface area contributed by atoms with Crippen LogP contribution in [0.2, 0.25) is 0 Å². The third kappa shape index (κ3) is 3.72. The number of likely N-dealkylation sites (N-methyl/N-ethyl adjacent to an activating group) is 1. The van der Waals surface area contributed by atoms with E-state index in [-0.39, 0.29) is 11.3 Å². The Hall–Kier alpha value is -2.14. The van der Waals surface area contributed by atoms with Crippen LogP contribution in [0.3, 0.4) is 0 Å². The summed E-state index contributed by atoms with van der Waals surface area (Å²) in [5, 5.41) is 0. The smallest absolute Gasteiger partial charge is 0.230 e. The number of nitrogens with zero attached hydrogens (tertiary/aromatic N) is 4. The zero-order chi connectivity index (χ0) is 19.6. The molecule has 0 unspecified atom stereocenters. The Morgan fingerprint density at radius 3 is 2.54 bits per heavy atom. The van der Waals surface area contributed by atoms with Gasteiger partial charge in [-0.15, -0.1) is 0 Å². The van der Waals surface area contributed by atoms with Crippen molar-refractivity contribution in [1.82, 2.24) is 19.4 Å². The number of aromatic nitrogens is 2. The van der Waals surface area contributed by atoms with Gasteiger partial charge in [0.05, 0.1) is 12.5 Å². The lowest BCUT2D eigenvalue weighted by Crippen LogP contribution is -2.53. The SMILES string of the molecule is CCN1CC2(CCN(Cc3nccn3CC)CC2)C[C@@H](c2ccccc2)C1=O. The molecule has 0 saturated carbocycles. The fourth-order valence-corrected chi connectivity index (χ4v) is 5.03. The standard InChI is InChI=1S/C23H32N4O/c1-3-26-15-12-24-21(26)17-25-13-10-23(11-14-25)16-20(19-8-6-5-7-9-19)22(28)27(4-2)18-23/h5-9,12,15,20H,3-4,10-11,13-14,16-18H2,1-2H3/t20-/m0/s1. The minimum absolute atomic E-state index is 0.0143. The van der Waals surface area contributed by atoms with E-state index in [2.05, 4.69) is 63.7 Å². The summed E-state index contributed by atoms with van der Waals surface area (Å²) in [6.07, 6.45) is 7.28. The van der Waals surface area contributed by atoms with Crippen LogP contribution in [0, 0.1) is 5.41 Å². The number of likely N-dealkylation sites (tertiary alicyclic amines) is 2. The molecule has 5 nitrogen and oxygen atoms in total. The van der Waals surface area contributed by atoms with Crippen LogP contribution in [0.4, 0.5) is 0 Å². The molecular weight excluding hydrogens is 348 g/mol. The molecule has 3 heterocycles. The molecule has 0 aliphatic carbocycles. The summed E-state index contributed by atoms with van der Waals surface area (Å²) in [7, 11) is 0. The summed E-state index contributed by atoms with van der Waals surface area (Å²) in [5.41, 5.74) is 1.43. The lowest BCUT2D eigenvalue weighted by atomic mass is 9.67. The van der Waals surface area contributed by atoms with Crippen molar-refractivity contribution in [3.8, 4) is 0 Å². The third-order valence-corrected chi connectivity index (χ3v) is 6.78. The number of carbonyl (C=O) groups is 1. The maximum absolute atomic E-state index is 13.0. The van der Waals surface area contributed by atoms with Crippen molar-refractivity contribution < 1.29 is 4.79 Å². The summed E-state index contributed by atoms with van der Waals surface area (Å²) in [6, 6.07) is 10.4. The van der Waals surface area contributed by atoms with Gasteiger partial charge in [-0.1, -0.05) is 30.3 Å². The van der Waals surface area contributed by atoms with Gasteiger partial charge in [0.25, 0.3) is 0 Å². The summed E-state index contributed by atoms with van der Waals surface area (Å²) >= 11 is 0. The maximum atomic E-state index is 13.0. The predicted octanol–water partition coefficient (Wildman–Crippen LogP) is 3.52. The van der Waals surface area contributed by atoms with Crippen LogP contribution in [-0.2, 0) is 17.9 Å². The number of amides is 1. The molecule has 2 fully saturated rings. The van der Waals surface area contributed by atoms with Crippen molar-refractivity contribution in [2.75, 3.05) is 26.2 Å². The Morgan fingerprint density at radius 2 is 1.86 bits per heavy atom. The molecule has 4 rings (SSSR count). The molecule has 2 aromatic rings. The van der Waals surface area contributed by atoms with Gasteiger partial charge in [0.15, 0.2) is 0 Å². The van der Waals surface area contributed by atoms with Crippen LogP contribution in [0.25, 0.3) is 0 Å². The van der Waals surface area contributed by atoms with Gasteiger partial charge in [-0.2, -0.15) is 0 Å². The summed E-state index contributed by atoms with van der Waals surface area (Å²) < 4.78 is 2.23. The Labute approximate surface area is 168 Å². The highest BCUT2D eigenvalue weighted by Gasteiger charge is 2.45. The van der Waals surface area contributed by atoms with E-state index in [0.717, 1.165) is 64.4 Å². The first-order chi connectivity index (χ1) is 13.6. The van der Waals surface area contributed by atoms with Gasteiger partial charge in [0, 0.05) is 32.0 Å². The lowest BCUT2D eigenvalue weighted by Gasteiger charge is -2.49. The molecule has 1 aromatic carbocycles. The van der Waals surface area contributed by atoms with Crippen molar-refractivity contribution in [1.29, 1.82) is 0 Å². The molecular formula is C23H32N4O. The number of carbonyl (C=O) groups excluding carboxylic acids is 1. The zero-order valence-corrected chi connectivity index (χ0v) is 17.2. The lowest BCUT2D eigenvalue weighted by molar-refractivity contribution is -0.141. The van der Waals surface area contributed by atoms with Gasteiger partial charge in [-0.25, -0.2) is 4.98 Å². The Morgan fingerprint density at radius 1 is 1.11 bits per heavy atom. The van der Waals surface area contributed by atoms with Gasteiger partial charge in [-0.05, 0) is 57.2 Å². The normalized spacial score (nSPS) is 22.7. The average Bonchev–Trinajstić information content (AvgIpc) is 3.19. The van der Waals surface area contributed by atoms with E-state index >= 15 is 0 Å². The predicted molar refractivity (Wildman–Crippen MR) is 111 cm³/mol. The van der Waals surface area contributed by atoms with Crippen LogP contribution in [0.5, 0.6) is 0 Å². The highest BCUT2D eigenvalue weighted by atomic mass is 16.2. The zero-order valence-electron chi connectivity index (χ0n) is 17.2. The van der Waals surface area contributed by atoms with Crippen molar-refractivity contribution in [2.45, 2.75) is 52.1 Å². The van der Waals surface area contributed by atoms with Gasteiger partial charge >= 0.3 is 0 Å². The van der Waals surface area contributed by atoms with E-state index in [1.807, 2.05) is 12.3 Å². The molecule has 1 amide bonds. The maximum Gasteiger partial charge on any atom is 0.230 e. The number of imidazole rings is 1. The van der Waals surface area contributed by atoms with E-state index in [1.54, 1.807) is 0 Å². The number of rotatable bonds is 5. The molecule has 1 atom stereocenters. The Bertz CT molecular complexity index is 792. The highest BCUT2D eigenvalue weighted by molar-refractivity contribution is 5.84. The topological polar surface area (TPSA) is 41.4 Å². The minimum atomic E-state index is 0.0143. The largest absolute Gasteiger partial charge is 0.342 e.